The maximum Gasteiger partial charge on any atom is 0.338 e. The summed E-state index contributed by atoms with van der Waals surface area (Å²) in [6, 6.07) is 9.26. The quantitative estimate of drug-likeness (QED) is 0.389. The van der Waals surface area contributed by atoms with E-state index in [1.54, 1.807) is 24.6 Å². The van der Waals surface area contributed by atoms with Crippen LogP contribution in [0, 0.1) is 13.8 Å². The second-order valence-corrected chi connectivity index (χ2v) is 10.2. The summed E-state index contributed by atoms with van der Waals surface area (Å²) in [6.45, 7) is 7.88. The van der Waals surface area contributed by atoms with E-state index in [1.807, 2.05) is 55.8 Å². The summed E-state index contributed by atoms with van der Waals surface area (Å²) in [6.07, 6.45) is 5.47. The van der Waals surface area contributed by atoms with E-state index in [2.05, 4.69) is 20.6 Å². The van der Waals surface area contributed by atoms with E-state index in [0.717, 1.165) is 27.5 Å². The summed E-state index contributed by atoms with van der Waals surface area (Å²) in [7, 11) is 0. The van der Waals surface area contributed by atoms with Crippen molar-refractivity contribution in [3.63, 3.8) is 0 Å². The zero-order chi connectivity index (χ0) is 24.7. The first kappa shape index (κ1) is 23.2. The number of ether oxygens (including phenoxy) is 1. The molecule has 0 saturated heterocycles. The summed E-state index contributed by atoms with van der Waals surface area (Å²) < 4.78 is 9.64. The average Bonchev–Trinajstić information content (AvgIpc) is 3.53. The highest BCUT2D eigenvalue weighted by Crippen LogP contribution is 2.33. The fourth-order valence-corrected chi connectivity index (χ4v) is 6.33. The molecule has 0 aromatic carbocycles. The molecule has 9 heteroatoms. The molecule has 4 aromatic rings. The van der Waals surface area contributed by atoms with Gasteiger partial charge in [0.1, 0.15) is 6.04 Å². The number of nitrogens with zero attached hydrogens (tertiary/aromatic N) is 4. The van der Waals surface area contributed by atoms with Gasteiger partial charge in [-0.1, -0.05) is 17.4 Å². The minimum absolute atomic E-state index is 0.173. The largest absolute Gasteiger partial charge is 0.463 e. The van der Waals surface area contributed by atoms with Crippen molar-refractivity contribution in [2.24, 2.45) is 4.99 Å². The molecule has 0 saturated carbocycles. The Kier molecular flexibility index (Phi) is 6.12. The number of pyridine rings is 1. The van der Waals surface area contributed by atoms with Gasteiger partial charge in [-0.2, -0.15) is 0 Å². The van der Waals surface area contributed by atoms with Crippen LogP contribution in [0.4, 0.5) is 0 Å². The summed E-state index contributed by atoms with van der Waals surface area (Å²) in [4.78, 5) is 37.0. The summed E-state index contributed by atoms with van der Waals surface area (Å²) >= 11 is 2.84. The first-order chi connectivity index (χ1) is 16.9. The lowest BCUT2D eigenvalue weighted by Gasteiger charge is -2.23. The molecule has 1 atom stereocenters. The van der Waals surface area contributed by atoms with E-state index in [1.165, 1.54) is 22.7 Å². The Morgan fingerprint density at radius 1 is 1.23 bits per heavy atom. The molecule has 5 heterocycles. The Hall–Kier alpha value is -3.56. The molecule has 1 aliphatic rings. The van der Waals surface area contributed by atoms with Crippen molar-refractivity contribution in [2.45, 2.75) is 33.7 Å². The Bertz CT molecular complexity index is 1620. The van der Waals surface area contributed by atoms with Crippen LogP contribution in [-0.2, 0) is 9.53 Å². The molecule has 0 bridgehead atoms. The normalized spacial score (nSPS) is 15.8. The zero-order valence-corrected chi connectivity index (χ0v) is 21.4. The SMILES string of the molecule is CCOC(=O)C1=C(C)N=c2sc(=Cc3cc(C)n(-c4cccnc4)c3C)c(=O)n2[C@@H]1c1cccs1. The van der Waals surface area contributed by atoms with Gasteiger partial charge in [-0.3, -0.25) is 14.3 Å². The van der Waals surface area contributed by atoms with E-state index in [9.17, 15) is 9.59 Å². The molecule has 7 nitrogen and oxygen atoms in total. The first-order valence-electron chi connectivity index (χ1n) is 11.2. The van der Waals surface area contributed by atoms with Crippen LogP contribution in [0.3, 0.4) is 0 Å². The molecule has 0 radical (unpaired) electrons. The lowest BCUT2D eigenvalue weighted by molar-refractivity contribution is -0.139. The van der Waals surface area contributed by atoms with E-state index < -0.39 is 12.0 Å². The van der Waals surface area contributed by atoms with Gasteiger partial charge in [0.15, 0.2) is 4.80 Å². The molecule has 0 fully saturated rings. The van der Waals surface area contributed by atoms with Crippen LogP contribution in [0.5, 0.6) is 0 Å². The lowest BCUT2D eigenvalue weighted by Crippen LogP contribution is -2.39. The van der Waals surface area contributed by atoms with Gasteiger partial charge in [0.25, 0.3) is 5.56 Å². The van der Waals surface area contributed by atoms with Crippen molar-refractivity contribution in [1.82, 2.24) is 14.1 Å². The van der Waals surface area contributed by atoms with Crippen LogP contribution in [0.15, 0.2) is 69.2 Å². The molecule has 35 heavy (non-hydrogen) atoms. The molecule has 0 N–H and O–H groups in total. The number of thiazole rings is 1. The van der Waals surface area contributed by atoms with Crippen molar-refractivity contribution in [2.75, 3.05) is 6.61 Å². The number of hydrogen-bond donors (Lipinski definition) is 0. The van der Waals surface area contributed by atoms with E-state index in [-0.39, 0.29) is 12.2 Å². The zero-order valence-electron chi connectivity index (χ0n) is 19.8. The Labute approximate surface area is 210 Å². The van der Waals surface area contributed by atoms with Crippen molar-refractivity contribution < 1.29 is 9.53 Å². The maximum absolute atomic E-state index is 13.7. The minimum atomic E-state index is -0.560. The number of aryl methyl sites for hydroxylation is 1. The predicted octanol–water partition coefficient (Wildman–Crippen LogP) is 3.66. The maximum atomic E-state index is 13.7. The highest BCUT2D eigenvalue weighted by molar-refractivity contribution is 7.10. The smallest absolute Gasteiger partial charge is 0.338 e. The van der Waals surface area contributed by atoms with Gasteiger partial charge in [0.2, 0.25) is 0 Å². The van der Waals surface area contributed by atoms with Gasteiger partial charge < -0.3 is 9.30 Å². The van der Waals surface area contributed by atoms with E-state index in [4.69, 9.17) is 4.74 Å². The lowest BCUT2D eigenvalue weighted by atomic mass is 10.0. The minimum Gasteiger partial charge on any atom is -0.463 e. The Balaban J connectivity index is 1.68. The second-order valence-electron chi connectivity index (χ2n) is 8.19. The molecule has 5 rings (SSSR count). The van der Waals surface area contributed by atoms with Gasteiger partial charge in [-0.15, -0.1) is 11.3 Å². The van der Waals surface area contributed by atoms with Crippen LogP contribution in [0.25, 0.3) is 11.8 Å². The number of carbonyl (C=O) groups is 1. The number of aromatic nitrogens is 3. The molecular weight excluding hydrogens is 480 g/mol. The van der Waals surface area contributed by atoms with Crippen LogP contribution in [0.2, 0.25) is 0 Å². The van der Waals surface area contributed by atoms with Gasteiger partial charge in [0.05, 0.1) is 34.3 Å². The molecule has 4 aromatic heterocycles. The third kappa shape index (κ3) is 4.00. The monoisotopic (exact) mass is 504 g/mol. The van der Waals surface area contributed by atoms with Crippen molar-refractivity contribution in [3.05, 3.63) is 101 Å². The molecular formula is C26H24N4O3S2. The third-order valence-electron chi connectivity index (χ3n) is 5.99. The molecule has 0 unspecified atom stereocenters. The molecule has 178 valence electrons. The van der Waals surface area contributed by atoms with Gasteiger partial charge in [-0.05, 0) is 69.0 Å². The molecule has 0 aliphatic carbocycles. The third-order valence-corrected chi connectivity index (χ3v) is 7.90. The van der Waals surface area contributed by atoms with Gasteiger partial charge in [0, 0.05) is 22.5 Å². The topological polar surface area (TPSA) is 78.5 Å². The summed E-state index contributed by atoms with van der Waals surface area (Å²) in [5.41, 5.74) is 4.78. The number of thiophene rings is 1. The van der Waals surface area contributed by atoms with Crippen molar-refractivity contribution >= 4 is 34.7 Å². The van der Waals surface area contributed by atoms with Crippen molar-refractivity contribution in [3.8, 4) is 5.69 Å². The molecule has 1 aliphatic heterocycles. The molecule has 0 amide bonds. The highest BCUT2D eigenvalue weighted by atomic mass is 32.1. The van der Waals surface area contributed by atoms with E-state index >= 15 is 0 Å². The Morgan fingerprint density at radius 3 is 2.74 bits per heavy atom. The summed E-state index contributed by atoms with van der Waals surface area (Å²) in [5.74, 6) is -0.443. The van der Waals surface area contributed by atoms with Crippen LogP contribution in [-0.4, -0.2) is 26.7 Å². The van der Waals surface area contributed by atoms with Crippen LogP contribution >= 0.6 is 22.7 Å². The van der Waals surface area contributed by atoms with Gasteiger partial charge >= 0.3 is 5.97 Å². The fraction of sp³-hybridized carbons (Fsp3) is 0.231. The number of esters is 1. The summed E-state index contributed by atoms with van der Waals surface area (Å²) in [5, 5.41) is 1.94. The molecule has 0 spiro atoms. The van der Waals surface area contributed by atoms with Crippen LogP contribution < -0.4 is 14.9 Å². The average molecular weight is 505 g/mol. The van der Waals surface area contributed by atoms with Crippen LogP contribution in [0.1, 0.15) is 41.7 Å². The number of allylic oxidation sites excluding steroid dienone is 1. The van der Waals surface area contributed by atoms with Crippen molar-refractivity contribution in [1.29, 1.82) is 0 Å². The first-order valence-corrected chi connectivity index (χ1v) is 12.9. The standard InChI is InChI=1S/C26H24N4O3S2/c1-5-33-25(32)22-16(3)28-26-30(23(22)20-9-7-11-34-20)24(31)21(35-26)13-18-12-15(2)29(17(18)4)19-8-6-10-27-14-19/h6-14,23H,5H2,1-4H3/t23-/m1/s1. The predicted molar refractivity (Wildman–Crippen MR) is 138 cm³/mol. The van der Waals surface area contributed by atoms with Gasteiger partial charge in [-0.25, -0.2) is 9.79 Å². The Morgan fingerprint density at radius 2 is 2.06 bits per heavy atom. The second kappa shape index (κ2) is 9.24. The highest BCUT2D eigenvalue weighted by Gasteiger charge is 2.33. The number of fused-ring (bicyclic) bond motifs is 1. The number of rotatable bonds is 5. The number of carbonyl (C=O) groups excluding carboxylic acids is 1. The number of hydrogen-bond acceptors (Lipinski definition) is 7. The fourth-order valence-electron chi connectivity index (χ4n) is 4.47. The van der Waals surface area contributed by atoms with E-state index in [0.29, 0.717) is 20.6 Å².